The van der Waals surface area contributed by atoms with Gasteiger partial charge in [0.05, 0.1) is 11.3 Å². The Hall–Kier alpha value is -2.80. The minimum atomic E-state index is -0.153. The first kappa shape index (κ1) is 11.3. The summed E-state index contributed by atoms with van der Waals surface area (Å²) in [5.41, 5.74) is 1.59. The van der Waals surface area contributed by atoms with Gasteiger partial charge in [-0.05, 0) is 24.3 Å². The fourth-order valence-electron chi connectivity index (χ4n) is 2.22. The van der Waals surface area contributed by atoms with Gasteiger partial charge < -0.3 is 4.74 Å². The highest BCUT2D eigenvalue weighted by molar-refractivity contribution is 6.04. The number of carbonyl (C=O) groups is 1. The molecular weight excluding hydrogens is 240 g/mol. The van der Waals surface area contributed by atoms with Gasteiger partial charge >= 0.3 is 0 Å². The van der Waals surface area contributed by atoms with Crippen LogP contribution in [-0.2, 0) is 4.79 Å². The lowest BCUT2D eigenvalue weighted by molar-refractivity contribution is -0.115. The zero-order valence-electron chi connectivity index (χ0n) is 10.3. The van der Waals surface area contributed by atoms with Crippen LogP contribution in [0.5, 0.6) is 11.5 Å². The van der Waals surface area contributed by atoms with E-state index in [4.69, 9.17) is 4.74 Å². The van der Waals surface area contributed by atoms with Crippen LogP contribution < -0.4 is 9.64 Å². The molecule has 2 aromatic rings. The summed E-state index contributed by atoms with van der Waals surface area (Å²) in [5.74, 6) is 0.980. The molecule has 19 heavy (non-hydrogen) atoms. The van der Waals surface area contributed by atoms with Crippen molar-refractivity contribution in [3.05, 3.63) is 48.0 Å². The summed E-state index contributed by atoms with van der Waals surface area (Å²) < 4.78 is 5.76. The Morgan fingerprint density at radius 3 is 2.63 bits per heavy atom. The Kier molecular flexibility index (Phi) is 2.46. The van der Waals surface area contributed by atoms with Gasteiger partial charge in [-0.1, -0.05) is 18.2 Å². The number of benzene rings is 2. The number of para-hydroxylation sites is 3. The van der Waals surface area contributed by atoms with Crippen molar-refractivity contribution < 1.29 is 9.53 Å². The van der Waals surface area contributed by atoms with Crippen LogP contribution in [-0.4, -0.2) is 5.91 Å². The summed E-state index contributed by atoms with van der Waals surface area (Å²) in [6, 6.07) is 14.5. The molecule has 1 amide bonds. The lowest BCUT2D eigenvalue weighted by Crippen LogP contribution is -2.26. The zero-order valence-corrected chi connectivity index (χ0v) is 10.3. The van der Waals surface area contributed by atoms with Crippen LogP contribution in [0.25, 0.3) is 0 Å². The van der Waals surface area contributed by atoms with E-state index in [9.17, 15) is 10.1 Å². The fraction of sp³-hybridized carbons (Fsp3) is 0.0667. The number of ether oxygens (including phenoxy) is 1. The molecule has 0 fully saturated rings. The minimum absolute atomic E-state index is 0.153. The van der Waals surface area contributed by atoms with Gasteiger partial charge in [-0.15, -0.1) is 0 Å². The third-order valence-corrected chi connectivity index (χ3v) is 2.98. The molecule has 2 aromatic carbocycles. The number of amides is 1. The quantitative estimate of drug-likeness (QED) is 0.720. The molecule has 3 rings (SSSR count). The Morgan fingerprint density at radius 2 is 1.89 bits per heavy atom. The van der Waals surface area contributed by atoms with Gasteiger partial charge in [0.2, 0.25) is 5.91 Å². The second-order valence-electron chi connectivity index (χ2n) is 4.19. The molecule has 0 aromatic heterocycles. The summed E-state index contributed by atoms with van der Waals surface area (Å²) in [4.78, 5) is 13.5. The number of anilines is 2. The number of fused-ring (bicyclic) bond motifs is 2. The van der Waals surface area contributed by atoms with Gasteiger partial charge in [-0.25, -0.2) is 0 Å². The maximum atomic E-state index is 12.0. The van der Waals surface area contributed by atoms with Gasteiger partial charge in [-0.2, -0.15) is 5.26 Å². The monoisotopic (exact) mass is 250 g/mol. The molecule has 4 nitrogen and oxygen atoms in total. The molecule has 1 aliphatic rings. The van der Waals surface area contributed by atoms with Crippen molar-refractivity contribution in [3.8, 4) is 17.6 Å². The standard InChI is InChI=1S/C15H10N2O2/c1-10(18)17-12-6-2-3-7-13(12)19-14-8-4-5-11(9-16)15(14)17/h2-8H,1H3. The molecule has 92 valence electrons. The molecule has 1 aliphatic heterocycles. The number of rotatable bonds is 0. The fourth-order valence-corrected chi connectivity index (χ4v) is 2.22. The largest absolute Gasteiger partial charge is 0.453 e. The molecule has 0 N–H and O–H groups in total. The van der Waals surface area contributed by atoms with Crippen LogP contribution in [0.4, 0.5) is 11.4 Å². The second-order valence-corrected chi connectivity index (χ2v) is 4.19. The summed E-state index contributed by atoms with van der Waals surface area (Å²) in [6.07, 6.45) is 0. The van der Waals surface area contributed by atoms with Crippen molar-refractivity contribution in [1.82, 2.24) is 0 Å². The van der Waals surface area contributed by atoms with Crippen molar-refractivity contribution in [3.63, 3.8) is 0 Å². The molecule has 0 unspecified atom stereocenters. The van der Waals surface area contributed by atoms with E-state index >= 15 is 0 Å². The van der Waals surface area contributed by atoms with Crippen LogP contribution in [0.3, 0.4) is 0 Å². The van der Waals surface area contributed by atoms with Crippen LogP contribution in [0, 0.1) is 11.3 Å². The van der Waals surface area contributed by atoms with E-state index in [0.29, 0.717) is 28.4 Å². The van der Waals surface area contributed by atoms with Crippen LogP contribution >= 0.6 is 0 Å². The van der Waals surface area contributed by atoms with Gasteiger partial charge in [0.15, 0.2) is 11.5 Å². The summed E-state index contributed by atoms with van der Waals surface area (Å²) >= 11 is 0. The molecular formula is C15H10N2O2. The highest BCUT2D eigenvalue weighted by Crippen LogP contribution is 2.47. The molecule has 0 saturated heterocycles. The summed E-state index contributed by atoms with van der Waals surface area (Å²) in [6.45, 7) is 1.47. The lowest BCUT2D eigenvalue weighted by atomic mass is 10.1. The van der Waals surface area contributed by atoms with Crippen molar-refractivity contribution in [2.75, 3.05) is 4.90 Å². The van der Waals surface area contributed by atoms with Gasteiger partial charge in [0.25, 0.3) is 0 Å². The number of hydrogen-bond donors (Lipinski definition) is 0. The first-order valence-electron chi connectivity index (χ1n) is 5.83. The van der Waals surface area contributed by atoms with Crippen molar-refractivity contribution in [1.29, 1.82) is 5.26 Å². The van der Waals surface area contributed by atoms with Crippen LogP contribution in [0.2, 0.25) is 0 Å². The predicted molar refractivity (Wildman–Crippen MR) is 70.5 cm³/mol. The topological polar surface area (TPSA) is 53.3 Å². The Labute approximate surface area is 110 Å². The highest BCUT2D eigenvalue weighted by Gasteiger charge is 2.29. The Bertz CT molecular complexity index is 716. The number of nitriles is 1. The molecule has 0 spiro atoms. The van der Waals surface area contributed by atoms with Gasteiger partial charge in [-0.3, -0.25) is 9.69 Å². The smallest absolute Gasteiger partial charge is 0.228 e. The molecule has 0 aliphatic carbocycles. The third-order valence-electron chi connectivity index (χ3n) is 2.98. The molecule has 0 saturated carbocycles. The van der Waals surface area contributed by atoms with E-state index in [1.54, 1.807) is 30.3 Å². The zero-order chi connectivity index (χ0) is 13.4. The molecule has 1 heterocycles. The maximum absolute atomic E-state index is 12.0. The normalized spacial score (nSPS) is 11.9. The summed E-state index contributed by atoms with van der Waals surface area (Å²) in [5, 5.41) is 9.20. The average Bonchev–Trinajstić information content (AvgIpc) is 2.43. The number of hydrogen-bond acceptors (Lipinski definition) is 3. The summed E-state index contributed by atoms with van der Waals surface area (Å²) in [7, 11) is 0. The Balaban J connectivity index is 2.31. The minimum Gasteiger partial charge on any atom is -0.453 e. The number of nitrogens with zero attached hydrogens (tertiary/aromatic N) is 2. The van der Waals surface area contributed by atoms with Crippen molar-refractivity contribution in [2.24, 2.45) is 0 Å². The van der Waals surface area contributed by atoms with E-state index < -0.39 is 0 Å². The molecule has 4 heteroatoms. The second kappa shape index (κ2) is 4.14. The molecule has 0 bridgehead atoms. The van der Waals surface area contributed by atoms with E-state index in [2.05, 4.69) is 6.07 Å². The van der Waals surface area contributed by atoms with E-state index in [-0.39, 0.29) is 5.91 Å². The average molecular weight is 250 g/mol. The third kappa shape index (κ3) is 1.64. The highest BCUT2D eigenvalue weighted by atomic mass is 16.5. The Morgan fingerprint density at radius 1 is 1.16 bits per heavy atom. The number of carbonyl (C=O) groups excluding carboxylic acids is 1. The van der Waals surface area contributed by atoms with E-state index in [0.717, 1.165) is 0 Å². The lowest BCUT2D eigenvalue weighted by Gasteiger charge is -2.30. The van der Waals surface area contributed by atoms with Gasteiger partial charge in [0.1, 0.15) is 11.8 Å². The SMILES string of the molecule is CC(=O)N1c2ccccc2Oc2cccc(C#N)c21. The first-order valence-corrected chi connectivity index (χ1v) is 5.83. The first-order chi connectivity index (χ1) is 9.22. The van der Waals surface area contributed by atoms with Crippen molar-refractivity contribution in [2.45, 2.75) is 6.92 Å². The maximum Gasteiger partial charge on any atom is 0.228 e. The molecule has 0 radical (unpaired) electrons. The molecule has 0 atom stereocenters. The van der Waals surface area contributed by atoms with E-state index in [1.165, 1.54) is 11.8 Å². The van der Waals surface area contributed by atoms with Gasteiger partial charge in [0, 0.05) is 6.92 Å². The predicted octanol–water partition coefficient (Wildman–Crippen LogP) is 3.35. The van der Waals surface area contributed by atoms with Crippen LogP contribution in [0.1, 0.15) is 12.5 Å². The van der Waals surface area contributed by atoms with E-state index in [1.807, 2.05) is 12.1 Å². The van der Waals surface area contributed by atoms with Crippen molar-refractivity contribution >= 4 is 17.3 Å². The van der Waals surface area contributed by atoms with Crippen LogP contribution in [0.15, 0.2) is 42.5 Å².